The zero-order chi connectivity index (χ0) is 19.3. The summed E-state index contributed by atoms with van der Waals surface area (Å²) in [6, 6.07) is 10.7. The average molecular weight is 354 g/mol. The molecule has 2 amide bonds. The van der Waals surface area contributed by atoms with Crippen molar-refractivity contribution < 1.29 is 24.3 Å². The minimum absolute atomic E-state index is 0.0523. The molecule has 2 aromatic rings. The van der Waals surface area contributed by atoms with Gasteiger partial charge in [-0.15, -0.1) is 0 Å². The van der Waals surface area contributed by atoms with E-state index in [1.54, 1.807) is 37.3 Å². The maximum Gasteiger partial charge on any atom is 0.336 e. The number of hydrogen-bond donors (Lipinski definition) is 3. The zero-order valence-corrected chi connectivity index (χ0v) is 14.3. The lowest BCUT2D eigenvalue weighted by Crippen LogP contribution is -2.17. The lowest BCUT2D eigenvalue weighted by molar-refractivity contribution is -0.124. The van der Waals surface area contributed by atoms with Gasteiger partial charge in [0.25, 0.3) is 5.91 Å². The van der Waals surface area contributed by atoms with E-state index < -0.39 is 17.8 Å². The highest BCUT2D eigenvalue weighted by Gasteiger charge is 2.16. The number of aromatic carboxylic acids is 1. The number of rotatable bonds is 6. The topological polar surface area (TPSA) is 113 Å². The Hall–Kier alpha value is -3.48. The fraction of sp³-hybridized carbons (Fsp3) is 0.158. The molecule has 134 valence electrons. The molecule has 0 aliphatic carbocycles. The molecule has 0 heterocycles. The van der Waals surface area contributed by atoms with Crippen LogP contribution in [0.25, 0.3) is 0 Å². The molecule has 0 bridgehead atoms. The van der Waals surface area contributed by atoms with E-state index >= 15 is 0 Å². The number of amides is 2. The number of carboxylic acid groups (broad SMARTS) is 1. The van der Waals surface area contributed by atoms with Gasteiger partial charge in [-0.05, 0) is 49.7 Å². The summed E-state index contributed by atoms with van der Waals surface area (Å²) >= 11 is 0. The fourth-order valence-corrected chi connectivity index (χ4v) is 2.37. The molecule has 7 heteroatoms. The lowest BCUT2D eigenvalue weighted by Gasteiger charge is -2.11. The van der Waals surface area contributed by atoms with Gasteiger partial charge in [-0.2, -0.15) is 0 Å². The van der Waals surface area contributed by atoms with Gasteiger partial charge in [-0.3, -0.25) is 14.4 Å². The molecule has 0 fully saturated rings. The first-order valence-electron chi connectivity index (χ1n) is 7.81. The Bertz CT molecular complexity index is 889. The number of aryl methyl sites for hydroxylation is 1. The van der Waals surface area contributed by atoms with E-state index in [9.17, 15) is 19.2 Å². The number of carboxylic acids is 1. The summed E-state index contributed by atoms with van der Waals surface area (Å²) in [5.41, 5.74) is 1.63. The van der Waals surface area contributed by atoms with Crippen LogP contribution in [-0.4, -0.2) is 28.7 Å². The van der Waals surface area contributed by atoms with Crippen LogP contribution in [0.4, 0.5) is 11.4 Å². The highest BCUT2D eigenvalue weighted by molar-refractivity contribution is 6.11. The van der Waals surface area contributed by atoms with Crippen molar-refractivity contribution in [2.45, 2.75) is 20.3 Å². The van der Waals surface area contributed by atoms with E-state index in [2.05, 4.69) is 10.6 Å². The molecule has 7 nitrogen and oxygen atoms in total. The molecule has 0 spiro atoms. The number of anilines is 2. The summed E-state index contributed by atoms with van der Waals surface area (Å²) in [4.78, 5) is 46.2. The largest absolute Gasteiger partial charge is 0.478 e. The van der Waals surface area contributed by atoms with Crippen LogP contribution in [0.2, 0.25) is 0 Å². The predicted molar refractivity (Wildman–Crippen MR) is 96.5 cm³/mol. The van der Waals surface area contributed by atoms with Crippen molar-refractivity contribution >= 4 is 34.9 Å². The van der Waals surface area contributed by atoms with Crippen LogP contribution in [0, 0.1) is 6.92 Å². The summed E-state index contributed by atoms with van der Waals surface area (Å²) < 4.78 is 0. The second kappa shape index (κ2) is 8.06. The van der Waals surface area contributed by atoms with Gasteiger partial charge < -0.3 is 15.7 Å². The van der Waals surface area contributed by atoms with Crippen molar-refractivity contribution in [3.8, 4) is 0 Å². The van der Waals surface area contributed by atoms with E-state index in [1.807, 2.05) is 0 Å². The van der Waals surface area contributed by atoms with Crippen molar-refractivity contribution in [3.05, 3.63) is 59.2 Å². The summed E-state index contributed by atoms with van der Waals surface area (Å²) in [6.45, 7) is 3.07. The highest BCUT2D eigenvalue weighted by Crippen LogP contribution is 2.21. The molecule has 0 aromatic heterocycles. The van der Waals surface area contributed by atoms with Crippen LogP contribution in [0.3, 0.4) is 0 Å². The van der Waals surface area contributed by atoms with Crippen LogP contribution < -0.4 is 10.6 Å². The number of ketones is 1. The molecule has 0 aliphatic rings. The van der Waals surface area contributed by atoms with Crippen molar-refractivity contribution in [2.24, 2.45) is 0 Å². The summed E-state index contributed by atoms with van der Waals surface area (Å²) in [7, 11) is 0. The molecule has 0 aliphatic heterocycles. The molecule has 0 radical (unpaired) electrons. The first-order valence-corrected chi connectivity index (χ1v) is 7.81. The van der Waals surface area contributed by atoms with Gasteiger partial charge in [0.05, 0.1) is 17.5 Å². The van der Waals surface area contributed by atoms with Gasteiger partial charge >= 0.3 is 5.97 Å². The smallest absolute Gasteiger partial charge is 0.336 e. The molecule has 2 rings (SSSR count). The first kappa shape index (κ1) is 18.9. The summed E-state index contributed by atoms with van der Waals surface area (Å²) in [6.07, 6.45) is -0.204. The minimum Gasteiger partial charge on any atom is -0.478 e. The Balaban J connectivity index is 2.15. The number of carbonyl (C=O) groups is 4. The molecule has 3 N–H and O–H groups in total. The Morgan fingerprint density at radius 3 is 2.19 bits per heavy atom. The van der Waals surface area contributed by atoms with Gasteiger partial charge in [0.1, 0.15) is 5.78 Å². The monoisotopic (exact) mass is 354 g/mol. The van der Waals surface area contributed by atoms with Crippen LogP contribution >= 0.6 is 0 Å². The van der Waals surface area contributed by atoms with Gasteiger partial charge in [0.2, 0.25) is 5.91 Å². The highest BCUT2D eigenvalue weighted by atomic mass is 16.4. The standard InChI is InChI=1S/C19H18N2O5/c1-11-9-13(7-8-16(11)21-17(23)10-12(2)22)20-18(24)14-5-3-4-6-15(14)19(25)26/h3-9H,10H2,1-2H3,(H,20,24)(H,21,23)(H,25,26). The van der Waals surface area contributed by atoms with Crippen LogP contribution in [0.1, 0.15) is 39.6 Å². The van der Waals surface area contributed by atoms with Crippen LogP contribution in [0.5, 0.6) is 0 Å². The van der Waals surface area contributed by atoms with Gasteiger partial charge in [-0.25, -0.2) is 4.79 Å². The molecule has 0 unspecified atom stereocenters. The van der Waals surface area contributed by atoms with E-state index in [0.717, 1.165) is 0 Å². The maximum atomic E-state index is 12.4. The molecule has 2 aromatic carbocycles. The Labute approximate surface area is 150 Å². The van der Waals surface area contributed by atoms with E-state index in [1.165, 1.54) is 19.1 Å². The number of carbonyl (C=O) groups excluding carboxylic acids is 3. The lowest BCUT2D eigenvalue weighted by atomic mass is 10.1. The molecule has 0 atom stereocenters. The molecular formula is C19H18N2O5. The van der Waals surface area contributed by atoms with Crippen molar-refractivity contribution in [1.82, 2.24) is 0 Å². The minimum atomic E-state index is -1.18. The predicted octanol–water partition coefficient (Wildman–Crippen LogP) is 2.86. The quantitative estimate of drug-likeness (QED) is 0.691. The Morgan fingerprint density at radius 2 is 1.62 bits per heavy atom. The third-order valence-corrected chi connectivity index (χ3v) is 3.57. The fourth-order valence-electron chi connectivity index (χ4n) is 2.37. The normalized spacial score (nSPS) is 10.1. The number of benzene rings is 2. The second-order valence-electron chi connectivity index (χ2n) is 5.76. The van der Waals surface area contributed by atoms with Gasteiger partial charge in [0.15, 0.2) is 0 Å². The molecular weight excluding hydrogens is 336 g/mol. The maximum absolute atomic E-state index is 12.4. The SMILES string of the molecule is CC(=O)CC(=O)Nc1ccc(NC(=O)c2ccccc2C(=O)O)cc1C. The molecule has 0 saturated carbocycles. The molecule has 26 heavy (non-hydrogen) atoms. The van der Waals surface area contributed by atoms with Crippen LogP contribution in [0.15, 0.2) is 42.5 Å². The van der Waals surface area contributed by atoms with Gasteiger partial charge in [-0.1, -0.05) is 12.1 Å². The zero-order valence-electron chi connectivity index (χ0n) is 14.3. The summed E-state index contributed by atoms with van der Waals surface area (Å²) in [5, 5.41) is 14.4. The van der Waals surface area contributed by atoms with Crippen molar-refractivity contribution in [2.75, 3.05) is 10.6 Å². The Kier molecular flexibility index (Phi) is 5.85. The third-order valence-electron chi connectivity index (χ3n) is 3.57. The third kappa shape index (κ3) is 4.76. The van der Waals surface area contributed by atoms with E-state index in [0.29, 0.717) is 16.9 Å². The Morgan fingerprint density at radius 1 is 0.962 bits per heavy atom. The number of Topliss-reactive ketones (excluding diaryl/α,β-unsaturated/α-hetero) is 1. The first-order chi connectivity index (χ1) is 12.3. The van der Waals surface area contributed by atoms with Crippen molar-refractivity contribution in [3.63, 3.8) is 0 Å². The number of hydrogen-bond acceptors (Lipinski definition) is 4. The average Bonchev–Trinajstić information content (AvgIpc) is 2.56. The second-order valence-corrected chi connectivity index (χ2v) is 5.76. The van der Waals surface area contributed by atoms with E-state index in [-0.39, 0.29) is 23.3 Å². The van der Waals surface area contributed by atoms with Gasteiger partial charge in [0, 0.05) is 11.4 Å². The molecule has 0 saturated heterocycles. The van der Waals surface area contributed by atoms with Crippen LogP contribution in [-0.2, 0) is 9.59 Å². The summed E-state index contributed by atoms with van der Waals surface area (Å²) in [5.74, 6) is -2.37. The van der Waals surface area contributed by atoms with Crippen molar-refractivity contribution in [1.29, 1.82) is 0 Å². The number of nitrogens with one attached hydrogen (secondary N) is 2. The van der Waals surface area contributed by atoms with E-state index in [4.69, 9.17) is 5.11 Å².